The minimum absolute atomic E-state index is 0.0512. The zero-order valence-corrected chi connectivity index (χ0v) is 20.5. The van der Waals surface area contributed by atoms with Crippen molar-refractivity contribution < 1.29 is 24.6 Å². The van der Waals surface area contributed by atoms with E-state index in [1.165, 1.54) is 16.2 Å². The smallest absolute Gasteiger partial charge is 0.305 e. The van der Waals surface area contributed by atoms with Crippen LogP contribution < -0.4 is 4.87 Å². The zero-order chi connectivity index (χ0) is 24.4. The molecule has 1 aromatic carbocycles. The first-order chi connectivity index (χ1) is 16.8. The van der Waals surface area contributed by atoms with Crippen molar-refractivity contribution in [3.63, 3.8) is 0 Å². The number of carbonyl (C=O) groups excluding carboxylic acids is 2. The van der Waals surface area contributed by atoms with Gasteiger partial charge in [0, 0.05) is 29.0 Å². The third-order valence-electron chi connectivity index (χ3n) is 8.34. The van der Waals surface area contributed by atoms with Crippen LogP contribution in [0.1, 0.15) is 48.5 Å². The summed E-state index contributed by atoms with van der Waals surface area (Å²) in [6, 6.07) is 7.12. The van der Waals surface area contributed by atoms with E-state index in [1.54, 1.807) is 23.9 Å². The van der Waals surface area contributed by atoms with E-state index in [2.05, 4.69) is 4.98 Å². The number of thioether (sulfide) groups is 1. The van der Waals surface area contributed by atoms with Gasteiger partial charge >= 0.3 is 10.8 Å². The van der Waals surface area contributed by atoms with E-state index in [9.17, 15) is 24.3 Å². The highest BCUT2D eigenvalue weighted by atomic mass is 32.2. The van der Waals surface area contributed by atoms with E-state index in [0.717, 1.165) is 21.9 Å². The molecule has 3 N–H and O–H groups in total. The summed E-state index contributed by atoms with van der Waals surface area (Å²) < 4.78 is 0. The van der Waals surface area contributed by atoms with Crippen molar-refractivity contribution in [1.82, 2.24) is 9.88 Å². The quantitative estimate of drug-likeness (QED) is 0.382. The van der Waals surface area contributed by atoms with E-state index in [-0.39, 0.29) is 69.6 Å². The number of imide groups is 1. The van der Waals surface area contributed by atoms with E-state index < -0.39 is 5.97 Å². The second-order valence-corrected chi connectivity index (χ2v) is 12.3. The topological polar surface area (TPSA) is 128 Å². The van der Waals surface area contributed by atoms with E-state index in [1.807, 2.05) is 12.1 Å². The molecule has 7 atom stereocenters. The van der Waals surface area contributed by atoms with Crippen LogP contribution in [-0.2, 0) is 14.4 Å². The van der Waals surface area contributed by atoms with Gasteiger partial charge in [0.25, 0.3) is 0 Å². The highest BCUT2D eigenvalue weighted by Crippen LogP contribution is 2.68. The molecular weight excluding hydrogens is 488 g/mol. The number of likely N-dealkylation sites (tertiary alicyclic amines) is 1. The molecule has 2 aliphatic heterocycles. The van der Waals surface area contributed by atoms with Gasteiger partial charge in [0.15, 0.2) is 0 Å². The first-order valence-electron chi connectivity index (χ1n) is 12.1. The van der Waals surface area contributed by atoms with Crippen LogP contribution in [0.2, 0.25) is 0 Å². The van der Waals surface area contributed by atoms with Crippen LogP contribution in [0.5, 0.6) is 5.75 Å². The number of nitrogens with zero attached hydrogens (tertiary/aromatic N) is 1. The lowest BCUT2D eigenvalue weighted by molar-refractivity contribution is -0.141. The summed E-state index contributed by atoms with van der Waals surface area (Å²) in [4.78, 5) is 55.2. The molecule has 0 radical (unpaired) electrons. The van der Waals surface area contributed by atoms with Gasteiger partial charge in [-0.15, -0.1) is 11.8 Å². The Bertz CT molecular complexity index is 1250. The number of amides is 2. The van der Waals surface area contributed by atoms with Gasteiger partial charge in [0.2, 0.25) is 11.8 Å². The van der Waals surface area contributed by atoms with Gasteiger partial charge < -0.3 is 15.2 Å². The van der Waals surface area contributed by atoms with Gasteiger partial charge in [0.1, 0.15) is 5.75 Å². The molecule has 2 amide bonds. The highest BCUT2D eigenvalue weighted by molar-refractivity contribution is 8.00. The molecule has 6 unspecified atom stereocenters. The molecule has 2 bridgehead atoms. The number of fused-ring (bicyclic) bond motifs is 9. The Morgan fingerprint density at radius 3 is 2.46 bits per heavy atom. The maximum atomic E-state index is 13.5. The third kappa shape index (κ3) is 3.56. The number of benzene rings is 1. The average molecular weight is 515 g/mol. The number of aromatic hydroxyl groups is 1. The summed E-state index contributed by atoms with van der Waals surface area (Å²) >= 11 is 2.88. The lowest BCUT2D eigenvalue weighted by Gasteiger charge is -2.43. The predicted molar refractivity (Wildman–Crippen MR) is 129 cm³/mol. The van der Waals surface area contributed by atoms with Crippen molar-refractivity contribution in [2.45, 2.75) is 48.3 Å². The summed E-state index contributed by atoms with van der Waals surface area (Å²) in [5, 5.41) is 19.6. The number of hydrogen-bond acceptors (Lipinski definition) is 7. The molecule has 3 heterocycles. The van der Waals surface area contributed by atoms with Crippen molar-refractivity contribution in [1.29, 1.82) is 0 Å². The number of aromatic nitrogens is 1. The number of phenols is 1. The molecule has 2 aromatic rings. The van der Waals surface area contributed by atoms with Crippen LogP contribution in [0.4, 0.5) is 0 Å². The number of aromatic amines is 1. The van der Waals surface area contributed by atoms with Crippen LogP contribution in [0.25, 0.3) is 0 Å². The van der Waals surface area contributed by atoms with Crippen LogP contribution in [0, 0.1) is 29.6 Å². The number of aliphatic carboxylic acids is 1. The van der Waals surface area contributed by atoms with Crippen molar-refractivity contribution in [3.05, 3.63) is 44.4 Å². The monoisotopic (exact) mass is 514 g/mol. The number of carboxylic acid groups (broad SMARTS) is 1. The van der Waals surface area contributed by atoms with Crippen molar-refractivity contribution in [2.24, 2.45) is 29.6 Å². The number of nitrogens with one attached hydrogen (secondary N) is 1. The largest absolute Gasteiger partial charge is 0.508 e. The predicted octanol–water partition coefficient (Wildman–Crippen LogP) is 3.26. The molecule has 0 spiro atoms. The van der Waals surface area contributed by atoms with Crippen LogP contribution in [0.15, 0.2) is 34.1 Å². The summed E-state index contributed by atoms with van der Waals surface area (Å²) in [5.74, 6) is -1.17. The molecule has 1 saturated heterocycles. The lowest BCUT2D eigenvalue weighted by Crippen LogP contribution is -2.42. The van der Waals surface area contributed by atoms with Gasteiger partial charge in [-0.05, 0) is 54.7 Å². The van der Waals surface area contributed by atoms with Crippen molar-refractivity contribution in [2.75, 3.05) is 6.54 Å². The molecule has 6 rings (SSSR count). The summed E-state index contributed by atoms with van der Waals surface area (Å²) in [6.07, 6.45) is 2.77. The first-order valence-corrected chi connectivity index (χ1v) is 13.8. The Kier molecular flexibility index (Phi) is 5.56. The van der Waals surface area contributed by atoms with Gasteiger partial charge in [0.05, 0.1) is 16.9 Å². The van der Waals surface area contributed by atoms with E-state index >= 15 is 0 Å². The van der Waals surface area contributed by atoms with Gasteiger partial charge in [-0.3, -0.25) is 24.1 Å². The zero-order valence-electron chi connectivity index (χ0n) is 18.9. The Balaban J connectivity index is 1.28. The van der Waals surface area contributed by atoms with Gasteiger partial charge in [-0.2, -0.15) is 0 Å². The number of unbranched alkanes of at least 4 members (excludes halogenated alkanes) is 2. The normalized spacial score (nSPS) is 32.6. The van der Waals surface area contributed by atoms with Crippen LogP contribution in [0.3, 0.4) is 0 Å². The molecule has 8 nitrogen and oxygen atoms in total. The Morgan fingerprint density at radius 2 is 1.74 bits per heavy atom. The summed E-state index contributed by atoms with van der Waals surface area (Å²) in [6.45, 7) is 0.355. The number of hydrogen-bond donors (Lipinski definition) is 3. The minimum atomic E-state index is -0.831. The fraction of sp³-hybridized carbons (Fsp3) is 0.520. The van der Waals surface area contributed by atoms with Crippen LogP contribution in [-0.4, -0.2) is 49.7 Å². The minimum Gasteiger partial charge on any atom is -0.508 e. The highest BCUT2D eigenvalue weighted by Gasteiger charge is 2.69. The van der Waals surface area contributed by atoms with Crippen molar-refractivity contribution >= 4 is 40.9 Å². The molecule has 1 aromatic heterocycles. The SMILES string of the molecule is O=C(O)CCCCCN1C(=O)C2C3CC(C2C1=O)C1C3Sc2[nH]c(=O)sc2[C@@H]1c1ccc(O)cc1. The first kappa shape index (κ1) is 22.8. The average Bonchev–Trinajstić information content (AvgIpc) is 3.54. The van der Waals surface area contributed by atoms with Gasteiger partial charge in [-0.25, -0.2) is 0 Å². The van der Waals surface area contributed by atoms with Crippen molar-refractivity contribution in [3.8, 4) is 5.75 Å². The number of thiazole rings is 1. The Labute approximate surface area is 209 Å². The lowest BCUT2D eigenvalue weighted by atomic mass is 9.68. The number of H-pyrrole nitrogens is 1. The van der Waals surface area contributed by atoms with Gasteiger partial charge in [-0.1, -0.05) is 29.9 Å². The second kappa shape index (κ2) is 8.51. The fourth-order valence-electron chi connectivity index (χ4n) is 7.08. The summed E-state index contributed by atoms with van der Waals surface area (Å²) in [7, 11) is 0. The standard InChI is InChI=1S/C25H26N2O6S2/c28-12-7-5-11(6-8-12)16-17-13-10-14(20(17)34-22-21(16)35-25(33)26-22)19-18(13)23(31)27(24(19)32)9-3-1-2-4-15(29)30/h5-8,13-14,16-20,28H,1-4,9-10H2,(H,26,33)(H,29,30)/t13?,14?,16-,17?,18?,19?,20?/m1/s1. The Hall–Kier alpha value is -2.59. The molecular formula is C25H26N2O6S2. The maximum absolute atomic E-state index is 13.5. The van der Waals surface area contributed by atoms with E-state index in [0.29, 0.717) is 25.8 Å². The Morgan fingerprint density at radius 1 is 1.03 bits per heavy atom. The van der Waals surface area contributed by atoms with Crippen LogP contribution >= 0.6 is 23.1 Å². The number of phenolic OH excluding ortho intramolecular Hbond substituents is 1. The summed E-state index contributed by atoms with van der Waals surface area (Å²) in [5.41, 5.74) is 1.02. The second-order valence-electron chi connectivity index (χ2n) is 10.1. The molecule has 2 aliphatic carbocycles. The molecule has 3 fully saturated rings. The van der Waals surface area contributed by atoms with E-state index in [4.69, 9.17) is 5.11 Å². The maximum Gasteiger partial charge on any atom is 0.305 e. The molecule has 10 heteroatoms. The fourth-order valence-corrected chi connectivity index (χ4v) is 9.97. The molecule has 4 aliphatic rings. The number of carboxylic acids is 1. The molecule has 2 saturated carbocycles. The molecule has 184 valence electrons. The molecule has 35 heavy (non-hydrogen) atoms. The number of rotatable bonds is 7. The third-order valence-corrected chi connectivity index (χ3v) is 10.9. The number of carbonyl (C=O) groups is 3.